The van der Waals surface area contributed by atoms with Crippen LogP contribution in [0.25, 0.3) is 17.5 Å². The third-order valence-electron chi connectivity index (χ3n) is 3.26. The summed E-state index contributed by atoms with van der Waals surface area (Å²) in [5.74, 6) is 7.33. The molecule has 0 aliphatic rings. The van der Waals surface area contributed by atoms with Crippen molar-refractivity contribution in [3.63, 3.8) is 0 Å². The molecule has 24 heavy (non-hydrogen) atoms. The van der Waals surface area contributed by atoms with Crippen LogP contribution in [0.3, 0.4) is 0 Å². The molecule has 1 aromatic heterocycles. The fourth-order valence-corrected chi connectivity index (χ4v) is 3.26. The zero-order valence-corrected chi connectivity index (χ0v) is 14.9. The molecule has 0 saturated heterocycles. The highest BCUT2D eigenvalue weighted by Gasteiger charge is 2.14. The Labute approximate surface area is 154 Å². The van der Waals surface area contributed by atoms with Gasteiger partial charge in [0.1, 0.15) is 0 Å². The topological polar surface area (TPSA) is 56.7 Å². The van der Waals surface area contributed by atoms with Crippen molar-refractivity contribution in [2.24, 2.45) is 0 Å². The Balaban J connectivity index is 1.70. The lowest BCUT2D eigenvalue weighted by molar-refractivity contribution is 0.851. The highest BCUT2D eigenvalue weighted by molar-refractivity contribution is 7.99. The van der Waals surface area contributed by atoms with Crippen molar-refractivity contribution in [2.45, 2.75) is 5.16 Å². The van der Waals surface area contributed by atoms with Crippen LogP contribution in [0.5, 0.6) is 0 Å². The number of thioether (sulfide) groups is 1. The van der Waals surface area contributed by atoms with Crippen LogP contribution in [0.15, 0.2) is 59.8 Å². The molecule has 1 heterocycles. The Morgan fingerprint density at radius 2 is 1.88 bits per heavy atom. The number of aromatic nitrogens is 3. The van der Waals surface area contributed by atoms with Gasteiger partial charge < -0.3 is 5.84 Å². The molecule has 2 N–H and O–H groups in total. The number of halogens is 2. The van der Waals surface area contributed by atoms with E-state index >= 15 is 0 Å². The Morgan fingerprint density at radius 3 is 2.62 bits per heavy atom. The Hall–Kier alpha value is -1.95. The molecular formula is C17H14Cl2N4S. The summed E-state index contributed by atoms with van der Waals surface area (Å²) in [7, 11) is 0. The molecule has 4 nitrogen and oxygen atoms in total. The highest BCUT2D eigenvalue weighted by Crippen LogP contribution is 2.30. The van der Waals surface area contributed by atoms with Gasteiger partial charge >= 0.3 is 0 Å². The summed E-state index contributed by atoms with van der Waals surface area (Å²) in [6, 6.07) is 15.3. The van der Waals surface area contributed by atoms with Crippen LogP contribution in [0, 0.1) is 0 Å². The number of hydrogen-bond donors (Lipinski definition) is 1. The molecule has 122 valence electrons. The minimum absolute atomic E-state index is 0.488. The molecule has 0 bridgehead atoms. The molecule has 7 heteroatoms. The number of benzene rings is 2. The molecule has 3 aromatic rings. The van der Waals surface area contributed by atoms with E-state index in [4.69, 9.17) is 29.0 Å². The third-order valence-corrected chi connectivity index (χ3v) is 4.70. The Morgan fingerprint density at radius 1 is 1.08 bits per heavy atom. The molecule has 0 amide bonds. The first-order valence-electron chi connectivity index (χ1n) is 7.15. The summed E-state index contributed by atoms with van der Waals surface area (Å²) >= 11 is 13.6. The quantitative estimate of drug-likeness (QED) is 0.514. The second-order valence-electron chi connectivity index (χ2n) is 4.92. The van der Waals surface area contributed by atoms with Gasteiger partial charge in [-0.25, -0.2) is 4.68 Å². The van der Waals surface area contributed by atoms with Gasteiger partial charge in [-0.2, -0.15) is 0 Å². The van der Waals surface area contributed by atoms with Crippen molar-refractivity contribution in [1.82, 2.24) is 14.9 Å². The predicted octanol–water partition coefficient (Wildman–Crippen LogP) is 4.77. The number of nitrogens with two attached hydrogens (primary N) is 1. The van der Waals surface area contributed by atoms with Gasteiger partial charge in [0.05, 0.1) is 5.02 Å². The second kappa shape index (κ2) is 7.75. The summed E-state index contributed by atoms with van der Waals surface area (Å²) in [6.45, 7) is 0. The molecule has 0 spiro atoms. The van der Waals surface area contributed by atoms with Gasteiger partial charge in [-0.15, -0.1) is 10.2 Å². The standard InChI is InChI=1S/C17H14Cl2N4S/c18-13-8-9-14(15(19)11-13)16-21-22-17(23(16)20)24-10-4-7-12-5-2-1-3-6-12/h1-9,11H,10,20H2/b7-4+. The second-order valence-corrected chi connectivity index (χ2v) is 6.76. The molecule has 0 atom stereocenters. The number of nitrogens with zero attached hydrogens (tertiary/aromatic N) is 3. The van der Waals surface area contributed by atoms with Crippen LogP contribution in [0.4, 0.5) is 0 Å². The van der Waals surface area contributed by atoms with Gasteiger partial charge in [0.25, 0.3) is 0 Å². The number of hydrogen-bond acceptors (Lipinski definition) is 4. The summed E-state index contributed by atoms with van der Waals surface area (Å²) in [5, 5.41) is 9.92. The van der Waals surface area contributed by atoms with Crippen molar-refractivity contribution < 1.29 is 0 Å². The SMILES string of the molecule is Nn1c(SC/C=C/c2ccccc2)nnc1-c1ccc(Cl)cc1Cl. The van der Waals surface area contributed by atoms with E-state index in [1.165, 1.54) is 16.4 Å². The van der Waals surface area contributed by atoms with Gasteiger partial charge in [0.15, 0.2) is 5.82 Å². The van der Waals surface area contributed by atoms with Crippen LogP contribution in [0.1, 0.15) is 5.56 Å². The molecule has 0 aliphatic heterocycles. The molecular weight excluding hydrogens is 363 g/mol. The van der Waals surface area contributed by atoms with Crippen LogP contribution in [0.2, 0.25) is 10.0 Å². The summed E-state index contributed by atoms with van der Waals surface area (Å²) in [6.07, 6.45) is 4.12. The molecule has 0 fully saturated rings. The van der Waals surface area contributed by atoms with E-state index in [1.807, 2.05) is 30.3 Å². The van der Waals surface area contributed by atoms with Crippen molar-refractivity contribution in [1.29, 1.82) is 0 Å². The van der Waals surface area contributed by atoms with Crippen LogP contribution in [-0.4, -0.2) is 20.6 Å². The van der Waals surface area contributed by atoms with Gasteiger partial charge in [-0.05, 0) is 23.8 Å². The van der Waals surface area contributed by atoms with E-state index in [-0.39, 0.29) is 0 Å². The van der Waals surface area contributed by atoms with E-state index in [1.54, 1.807) is 18.2 Å². The first kappa shape index (κ1) is 16.9. The number of rotatable bonds is 5. The molecule has 2 aromatic carbocycles. The maximum Gasteiger partial charge on any atom is 0.210 e. The van der Waals surface area contributed by atoms with Gasteiger partial charge in [0.2, 0.25) is 5.16 Å². The normalized spacial score (nSPS) is 11.2. The highest BCUT2D eigenvalue weighted by atomic mass is 35.5. The van der Waals surface area contributed by atoms with Gasteiger partial charge in [-0.1, -0.05) is 77.4 Å². The van der Waals surface area contributed by atoms with E-state index in [2.05, 4.69) is 22.3 Å². The number of nitrogen functional groups attached to an aromatic ring is 1. The zero-order chi connectivity index (χ0) is 16.9. The minimum atomic E-state index is 0.488. The largest absolute Gasteiger partial charge is 0.335 e. The van der Waals surface area contributed by atoms with Crippen molar-refractivity contribution in [3.05, 3.63) is 70.2 Å². The fraction of sp³-hybridized carbons (Fsp3) is 0.0588. The fourth-order valence-electron chi connectivity index (χ4n) is 2.10. The molecule has 0 aliphatic carbocycles. The smallest absolute Gasteiger partial charge is 0.210 e. The Kier molecular flexibility index (Phi) is 5.45. The lowest BCUT2D eigenvalue weighted by Gasteiger charge is -2.05. The average molecular weight is 377 g/mol. The summed E-state index contributed by atoms with van der Waals surface area (Å²) in [4.78, 5) is 0. The summed E-state index contributed by atoms with van der Waals surface area (Å²) in [5.41, 5.74) is 1.85. The van der Waals surface area contributed by atoms with Crippen LogP contribution in [-0.2, 0) is 0 Å². The zero-order valence-electron chi connectivity index (χ0n) is 12.6. The first-order chi connectivity index (χ1) is 11.6. The minimum Gasteiger partial charge on any atom is -0.335 e. The lowest BCUT2D eigenvalue weighted by atomic mass is 10.2. The summed E-state index contributed by atoms with van der Waals surface area (Å²) < 4.78 is 1.44. The molecule has 0 saturated carbocycles. The Bertz CT molecular complexity index is 862. The third kappa shape index (κ3) is 3.93. The lowest BCUT2D eigenvalue weighted by Crippen LogP contribution is -2.11. The van der Waals surface area contributed by atoms with Crippen molar-refractivity contribution in [2.75, 3.05) is 11.6 Å². The predicted molar refractivity (Wildman–Crippen MR) is 102 cm³/mol. The maximum atomic E-state index is 6.20. The van der Waals surface area contributed by atoms with E-state index in [0.29, 0.717) is 26.6 Å². The molecule has 0 unspecified atom stereocenters. The maximum absolute atomic E-state index is 6.20. The van der Waals surface area contributed by atoms with Crippen molar-refractivity contribution in [3.8, 4) is 11.4 Å². The van der Waals surface area contributed by atoms with Crippen molar-refractivity contribution >= 4 is 41.0 Å². The van der Waals surface area contributed by atoms with E-state index in [0.717, 1.165) is 11.3 Å². The van der Waals surface area contributed by atoms with E-state index in [9.17, 15) is 0 Å². The van der Waals surface area contributed by atoms with Crippen LogP contribution >= 0.6 is 35.0 Å². The van der Waals surface area contributed by atoms with Crippen LogP contribution < -0.4 is 5.84 Å². The molecule has 0 radical (unpaired) electrons. The molecule has 3 rings (SSSR count). The average Bonchev–Trinajstić information content (AvgIpc) is 2.93. The van der Waals surface area contributed by atoms with E-state index < -0.39 is 0 Å². The van der Waals surface area contributed by atoms with Gasteiger partial charge in [-0.3, -0.25) is 0 Å². The monoisotopic (exact) mass is 376 g/mol. The first-order valence-corrected chi connectivity index (χ1v) is 8.89. The van der Waals surface area contributed by atoms with Gasteiger partial charge in [0, 0.05) is 16.3 Å².